The quantitative estimate of drug-likeness (QED) is 0.849. The maximum Gasteiger partial charge on any atom is 0.119 e. The van der Waals surface area contributed by atoms with Gasteiger partial charge in [-0.1, -0.05) is 12.1 Å². The summed E-state index contributed by atoms with van der Waals surface area (Å²) in [5.74, 6) is 0.900. The minimum atomic E-state index is 0.0289. The van der Waals surface area contributed by atoms with Crippen LogP contribution in [-0.2, 0) is 0 Å². The van der Waals surface area contributed by atoms with Crippen molar-refractivity contribution in [3.8, 4) is 5.75 Å². The van der Waals surface area contributed by atoms with Crippen LogP contribution in [-0.4, -0.2) is 38.7 Å². The second-order valence-electron chi connectivity index (χ2n) is 5.05. The van der Waals surface area contributed by atoms with Gasteiger partial charge in [0.2, 0.25) is 0 Å². The van der Waals surface area contributed by atoms with Crippen LogP contribution in [0.15, 0.2) is 24.3 Å². The summed E-state index contributed by atoms with van der Waals surface area (Å²) in [5, 5.41) is 3.39. The Bertz CT molecular complexity index is 361. The Morgan fingerprint density at radius 2 is 1.94 bits per heavy atom. The molecular weight excluding hydrogens is 212 g/mol. The number of likely N-dealkylation sites (N-methyl/N-ethyl adjacent to an activating group) is 2. The molecule has 0 radical (unpaired) electrons. The highest BCUT2D eigenvalue weighted by atomic mass is 16.5. The standard InChI is InChI=1S/C14H24N2O/c1-14(2,16(4)5)13(15-3)11-8-7-9-12(10-11)17-6/h7-10,13,15H,1-6H3. The normalized spacial score (nSPS) is 13.8. The van der Waals surface area contributed by atoms with Crippen LogP contribution in [0.1, 0.15) is 25.5 Å². The van der Waals surface area contributed by atoms with Gasteiger partial charge in [0, 0.05) is 11.6 Å². The van der Waals surface area contributed by atoms with Gasteiger partial charge >= 0.3 is 0 Å². The first-order valence-corrected chi connectivity index (χ1v) is 5.92. The van der Waals surface area contributed by atoms with Gasteiger partial charge in [0.15, 0.2) is 0 Å². The average molecular weight is 236 g/mol. The molecule has 0 heterocycles. The Hall–Kier alpha value is -1.06. The number of benzene rings is 1. The molecule has 0 aliphatic carbocycles. The number of nitrogens with one attached hydrogen (secondary N) is 1. The van der Waals surface area contributed by atoms with Gasteiger partial charge in [-0.15, -0.1) is 0 Å². The Morgan fingerprint density at radius 1 is 1.29 bits per heavy atom. The van der Waals surface area contributed by atoms with E-state index in [-0.39, 0.29) is 11.6 Å². The van der Waals surface area contributed by atoms with Crippen molar-refractivity contribution in [2.75, 3.05) is 28.3 Å². The molecule has 0 saturated heterocycles. The van der Waals surface area contributed by atoms with E-state index in [4.69, 9.17) is 4.74 Å². The van der Waals surface area contributed by atoms with Gasteiger partial charge < -0.3 is 15.0 Å². The molecule has 1 atom stereocenters. The number of methoxy groups -OCH3 is 1. The van der Waals surface area contributed by atoms with Gasteiger partial charge in [-0.05, 0) is 52.7 Å². The molecule has 1 aromatic rings. The van der Waals surface area contributed by atoms with Crippen molar-refractivity contribution >= 4 is 0 Å². The molecule has 1 unspecified atom stereocenters. The Kier molecular flexibility index (Phi) is 4.54. The van der Waals surface area contributed by atoms with E-state index in [1.165, 1.54) is 5.56 Å². The fourth-order valence-corrected chi connectivity index (χ4v) is 2.01. The number of hydrogen-bond donors (Lipinski definition) is 1. The molecule has 1 N–H and O–H groups in total. The lowest BCUT2D eigenvalue weighted by Gasteiger charge is -2.40. The zero-order valence-electron chi connectivity index (χ0n) is 11.7. The smallest absolute Gasteiger partial charge is 0.119 e. The zero-order chi connectivity index (χ0) is 13.1. The van der Waals surface area contributed by atoms with E-state index >= 15 is 0 Å². The fraction of sp³-hybridized carbons (Fsp3) is 0.571. The first-order chi connectivity index (χ1) is 7.93. The minimum absolute atomic E-state index is 0.0289. The molecule has 0 saturated carbocycles. The second kappa shape index (κ2) is 5.52. The topological polar surface area (TPSA) is 24.5 Å². The molecule has 17 heavy (non-hydrogen) atoms. The van der Waals surface area contributed by atoms with Crippen molar-refractivity contribution in [2.24, 2.45) is 0 Å². The van der Waals surface area contributed by atoms with Gasteiger partial charge in [-0.25, -0.2) is 0 Å². The van der Waals surface area contributed by atoms with Crippen molar-refractivity contribution in [2.45, 2.75) is 25.4 Å². The monoisotopic (exact) mass is 236 g/mol. The molecule has 0 fully saturated rings. The lowest BCUT2D eigenvalue weighted by atomic mass is 9.87. The first-order valence-electron chi connectivity index (χ1n) is 5.92. The van der Waals surface area contributed by atoms with Crippen molar-refractivity contribution in [3.63, 3.8) is 0 Å². The molecular formula is C14H24N2O. The molecule has 0 aromatic heterocycles. The summed E-state index contributed by atoms with van der Waals surface area (Å²) in [6.45, 7) is 4.46. The SMILES string of the molecule is CNC(c1cccc(OC)c1)C(C)(C)N(C)C. The highest BCUT2D eigenvalue weighted by molar-refractivity contribution is 5.32. The molecule has 1 rings (SSSR count). The first kappa shape index (κ1) is 14.0. The Morgan fingerprint density at radius 3 is 2.41 bits per heavy atom. The van der Waals surface area contributed by atoms with E-state index in [0.29, 0.717) is 0 Å². The number of ether oxygens (including phenoxy) is 1. The molecule has 0 amide bonds. The third-order valence-corrected chi connectivity index (χ3v) is 3.57. The van der Waals surface area contributed by atoms with Crippen LogP contribution in [0.2, 0.25) is 0 Å². The van der Waals surface area contributed by atoms with E-state index in [9.17, 15) is 0 Å². The van der Waals surface area contributed by atoms with Crippen molar-refractivity contribution in [1.82, 2.24) is 10.2 Å². The summed E-state index contributed by atoms with van der Waals surface area (Å²) in [5.41, 5.74) is 1.27. The number of hydrogen-bond acceptors (Lipinski definition) is 3. The summed E-state index contributed by atoms with van der Waals surface area (Å²) in [7, 11) is 7.90. The predicted molar refractivity (Wildman–Crippen MR) is 72.6 cm³/mol. The third kappa shape index (κ3) is 2.99. The van der Waals surface area contributed by atoms with Gasteiger partial charge in [0.05, 0.1) is 7.11 Å². The number of nitrogens with zero attached hydrogens (tertiary/aromatic N) is 1. The number of rotatable bonds is 5. The average Bonchev–Trinajstić information content (AvgIpc) is 2.29. The fourth-order valence-electron chi connectivity index (χ4n) is 2.01. The van der Waals surface area contributed by atoms with Crippen molar-refractivity contribution in [3.05, 3.63) is 29.8 Å². The van der Waals surface area contributed by atoms with Crippen molar-refractivity contribution < 1.29 is 4.74 Å². The van der Waals surface area contributed by atoms with Gasteiger partial charge in [-0.3, -0.25) is 0 Å². The van der Waals surface area contributed by atoms with Gasteiger partial charge in [-0.2, -0.15) is 0 Å². The molecule has 0 aliphatic heterocycles. The van der Waals surface area contributed by atoms with Crippen LogP contribution in [0.25, 0.3) is 0 Å². The van der Waals surface area contributed by atoms with E-state index < -0.39 is 0 Å². The maximum absolute atomic E-state index is 5.28. The summed E-state index contributed by atoms with van der Waals surface area (Å²) in [4.78, 5) is 2.23. The molecule has 0 spiro atoms. The predicted octanol–water partition coefficient (Wildman–Crippen LogP) is 2.30. The van der Waals surface area contributed by atoms with Crippen LogP contribution in [0.5, 0.6) is 5.75 Å². The molecule has 3 heteroatoms. The van der Waals surface area contributed by atoms with E-state index in [1.54, 1.807) is 7.11 Å². The van der Waals surface area contributed by atoms with Gasteiger partial charge in [0.25, 0.3) is 0 Å². The third-order valence-electron chi connectivity index (χ3n) is 3.57. The van der Waals surface area contributed by atoms with Crippen LogP contribution in [0, 0.1) is 0 Å². The highest BCUT2D eigenvalue weighted by Gasteiger charge is 2.31. The summed E-state index contributed by atoms with van der Waals surface area (Å²) < 4.78 is 5.28. The minimum Gasteiger partial charge on any atom is -0.497 e. The summed E-state index contributed by atoms with van der Waals surface area (Å²) in [6, 6.07) is 8.48. The second-order valence-corrected chi connectivity index (χ2v) is 5.05. The molecule has 0 aliphatic rings. The lowest BCUT2D eigenvalue weighted by molar-refractivity contribution is 0.142. The Balaban J connectivity index is 3.09. The maximum atomic E-state index is 5.28. The van der Waals surface area contributed by atoms with Crippen LogP contribution >= 0.6 is 0 Å². The van der Waals surface area contributed by atoms with Crippen molar-refractivity contribution in [1.29, 1.82) is 0 Å². The van der Waals surface area contributed by atoms with Crippen LogP contribution in [0.4, 0.5) is 0 Å². The zero-order valence-corrected chi connectivity index (χ0v) is 11.7. The lowest BCUT2D eigenvalue weighted by Crippen LogP contribution is -2.48. The molecule has 96 valence electrons. The van der Waals surface area contributed by atoms with E-state index in [1.807, 2.05) is 19.2 Å². The van der Waals surface area contributed by atoms with E-state index in [2.05, 4.69) is 50.3 Å². The van der Waals surface area contributed by atoms with Gasteiger partial charge in [0.1, 0.15) is 5.75 Å². The molecule has 0 bridgehead atoms. The largest absolute Gasteiger partial charge is 0.497 e. The summed E-state index contributed by atoms with van der Waals surface area (Å²) in [6.07, 6.45) is 0. The molecule has 3 nitrogen and oxygen atoms in total. The highest BCUT2D eigenvalue weighted by Crippen LogP contribution is 2.30. The summed E-state index contributed by atoms with van der Waals surface area (Å²) >= 11 is 0. The van der Waals surface area contributed by atoms with E-state index in [0.717, 1.165) is 5.75 Å². The molecule has 1 aromatic carbocycles. The Labute approximate surface area is 105 Å². The van der Waals surface area contributed by atoms with Crippen LogP contribution < -0.4 is 10.1 Å². The van der Waals surface area contributed by atoms with Crippen LogP contribution in [0.3, 0.4) is 0 Å².